The molecule has 1 aromatic heterocycles. The smallest absolute Gasteiger partial charge is 0.354 e. The Kier molecular flexibility index (Phi) is 5.58. The van der Waals surface area contributed by atoms with Gasteiger partial charge in [0.25, 0.3) is 0 Å². The molecule has 4 rings (SSSR count). The van der Waals surface area contributed by atoms with E-state index in [2.05, 4.69) is 19.8 Å². The Balaban J connectivity index is 0.000000161. The summed E-state index contributed by atoms with van der Waals surface area (Å²) in [6.45, 7) is 0. The van der Waals surface area contributed by atoms with Gasteiger partial charge in [-0.2, -0.15) is 0 Å². The highest BCUT2D eigenvalue weighted by atomic mass is 19.1. The van der Waals surface area contributed by atoms with Gasteiger partial charge in [0.2, 0.25) is 0 Å². The van der Waals surface area contributed by atoms with Crippen molar-refractivity contribution in [1.29, 1.82) is 0 Å². The standard InChI is InChI=1S/C10H10FNO2.C10H8FNO2/c2*1-14-10(13)9-5-6-7(11)3-2-4-8(6)12-9/h2-4,9,12H,5H2,1H3;2-5,12H,1H3/t9-;/m1./s1. The SMILES string of the molecule is COC(=O)[C@H]1Cc2c(F)cccc2N1.COC(=O)c1cc2c(F)cccc2[nH]1. The van der Waals surface area contributed by atoms with E-state index >= 15 is 0 Å². The molecule has 1 aliphatic rings. The number of rotatable bonds is 2. The van der Waals surface area contributed by atoms with Crippen molar-refractivity contribution in [1.82, 2.24) is 4.98 Å². The molecule has 0 saturated heterocycles. The molecule has 2 aromatic carbocycles. The molecule has 0 fully saturated rings. The molecular weight excluding hydrogens is 370 g/mol. The molecule has 28 heavy (non-hydrogen) atoms. The van der Waals surface area contributed by atoms with Crippen LogP contribution in [0.3, 0.4) is 0 Å². The lowest BCUT2D eigenvalue weighted by atomic mass is 10.1. The molecule has 0 bridgehead atoms. The lowest BCUT2D eigenvalue weighted by Gasteiger charge is -2.07. The van der Waals surface area contributed by atoms with Crippen molar-refractivity contribution in [2.24, 2.45) is 0 Å². The lowest BCUT2D eigenvalue weighted by Crippen LogP contribution is -2.27. The average Bonchev–Trinajstić information content (AvgIpc) is 3.33. The first kappa shape index (κ1) is 19.3. The van der Waals surface area contributed by atoms with Gasteiger partial charge in [-0.15, -0.1) is 0 Å². The number of aromatic amines is 1. The highest BCUT2D eigenvalue weighted by molar-refractivity contribution is 5.94. The number of ether oxygens (including phenoxy) is 2. The Bertz CT molecular complexity index is 1030. The summed E-state index contributed by atoms with van der Waals surface area (Å²) < 4.78 is 35.5. The molecule has 0 aliphatic carbocycles. The zero-order chi connectivity index (χ0) is 20.3. The summed E-state index contributed by atoms with van der Waals surface area (Å²) in [5.41, 5.74) is 2.08. The summed E-state index contributed by atoms with van der Waals surface area (Å²) >= 11 is 0. The van der Waals surface area contributed by atoms with Gasteiger partial charge in [-0.05, 0) is 30.3 Å². The van der Waals surface area contributed by atoms with E-state index in [0.29, 0.717) is 28.6 Å². The summed E-state index contributed by atoms with van der Waals surface area (Å²) in [4.78, 5) is 25.1. The van der Waals surface area contributed by atoms with Gasteiger partial charge in [-0.3, -0.25) is 0 Å². The molecular formula is C20H18F2N2O4. The number of carbonyl (C=O) groups excluding carboxylic acids is 2. The fraction of sp³-hybridized carbons (Fsp3) is 0.200. The van der Waals surface area contributed by atoms with Crippen LogP contribution < -0.4 is 5.32 Å². The van der Waals surface area contributed by atoms with Crippen molar-refractivity contribution < 1.29 is 27.8 Å². The molecule has 2 N–H and O–H groups in total. The minimum atomic E-state index is -0.499. The van der Waals surface area contributed by atoms with E-state index in [0.717, 1.165) is 0 Å². The predicted molar refractivity (Wildman–Crippen MR) is 99.1 cm³/mol. The molecule has 6 nitrogen and oxygen atoms in total. The highest BCUT2D eigenvalue weighted by Gasteiger charge is 2.29. The molecule has 0 unspecified atom stereocenters. The molecule has 0 radical (unpaired) electrons. The van der Waals surface area contributed by atoms with Crippen LogP contribution >= 0.6 is 0 Å². The normalized spacial score (nSPS) is 14.5. The van der Waals surface area contributed by atoms with Crippen molar-refractivity contribution in [3.63, 3.8) is 0 Å². The Hall–Kier alpha value is -3.42. The summed E-state index contributed by atoms with van der Waals surface area (Å²) in [5.74, 6) is -1.49. The molecule has 0 saturated carbocycles. The first-order valence-electron chi connectivity index (χ1n) is 8.42. The number of anilines is 1. The van der Waals surface area contributed by atoms with E-state index in [4.69, 9.17) is 0 Å². The number of hydrogen-bond acceptors (Lipinski definition) is 5. The molecule has 0 amide bonds. The Morgan fingerprint density at radius 3 is 2.39 bits per heavy atom. The summed E-state index contributed by atoms with van der Waals surface area (Å²) in [6, 6.07) is 10.4. The van der Waals surface area contributed by atoms with Crippen LogP contribution in [0.25, 0.3) is 10.9 Å². The number of carbonyl (C=O) groups is 2. The lowest BCUT2D eigenvalue weighted by molar-refractivity contribution is -0.141. The van der Waals surface area contributed by atoms with Gasteiger partial charge in [0.1, 0.15) is 23.4 Å². The number of benzene rings is 2. The van der Waals surface area contributed by atoms with E-state index in [1.54, 1.807) is 24.3 Å². The molecule has 1 aliphatic heterocycles. The first-order valence-corrected chi connectivity index (χ1v) is 8.42. The van der Waals surface area contributed by atoms with Crippen molar-refractivity contribution in [3.8, 4) is 0 Å². The number of nitrogens with one attached hydrogen (secondary N) is 2. The molecule has 2 heterocycles. The van der Waals surface area contributed by atoms with Crippen LogP contribution in [0, 0.1) is 11.6 Å². The van der Waals surface area contributed by atoms with E-state index < -0.39 is 12.0 Å². The fourth-order valence-electron chi connectivity index (χ4n) is 2.97. The van der Waals surface area contributed by atoms with E-state index in [1.165, 1.54) is 32.4 Å². The number of halogens is 2. The number of methoxy groups -OCH3 is 2. The van der Waals surface area contributed by atoms with Gasteiger partial charge in [0.05, 0.1) is 14.2 Å². The second-order valence-electron chi connectivity index (χ2n) is 6.07. The molecule has 1 atom stereocenters. The molecule has 0 spiro atoms. The van der Waals surface area contributed by atoms with Crippen molar-refractivity contribution in [2.45, 2.75) is 12.5 Å². The van der Waals surface area contributed by atoms with Crippen LogP contribution in [-0.4, -0.2) is 37.2 Å². The maximum atomic E-state index is 13.2. The Morgan fingerprint density at radius 1 is 1.04 bits per heavy atom. The quantitative estimate of drug-likeness (QED) is 0.658. The zero-order valence-corrected chi connectivity index (χ0v) is 15.2. The molecule has 3 aromatic rings. The monoisotopic (exact) mass is 388 g/mol. The summed E-state index contributed by atoms with van der Waals surface area (Å²) in [6.07, 6.45) is 0.356. The van der Waals surface area contributed by atoms with Crippen molar-refractivity contribution in [3.05, 3.63) is 65.4 Å². The zero-order valence-electron chi connectivity index (χ0n) is 15.2. The number of esters is 2. The second-order valence-corrected chi connectivity index (χ2v) is 6.07. The summed E-state index contributed by atoms with van der Waals surface area (Å²) in [5, 5.41) is 3.31. The maximum absolute atomic E-state index is 13.2. The van der Waals surface area contributed by atoms with Crippen molar-refractivity contribution >= 4 is 28.5 Å². The van der Waals surface area contributed by atoms with Crippen LogP contribution in [0.4, 0.5) is 14.5 Å². The van der Waals surface area contributed by atoms with Gasteiger partial charge >= 0.3 is 11.9 Å². The van der Waals surface area contributed by atoms with Crippen molar-refractivity contribution in [2.75, 3.05) is 19.5 Å². The van der Waals surface area contributed by atoms with Crippen LogP contribution in [0.1, 0.15) is 16.1 Å². The van der Waals surface area contributed by atoms with Gasteiger partial charge in [0, 0.05) is 28.6 Å². The third kappa shape index (κ3) is 3.80. The largest absolute Gasteiger partial charge is 0.467 e. The number of aromatic nitrogens is 1. The van der Waals surface area contributed by atoms with Crippen LogP contribution in [-0.2, 0) is 20.7 Å². The second kappa shape index (κ2) is 8.08. The van der Waals surface area contributed by atoms with Gasteiger partial charge < -0.3 is 19.8 Å². The minimum absolute atomic E-state index is 0.257. The number of hydrogen-bond donors (Lipinski definition) is 2. The van der Waals surface area contributed by atoms with Gasteiger partial charge in [0.15, 0.2) is 0 Å². The maximum Gasteiger partial charge on any atom is 0.354 e. The minimum Gasteiger partial charge on any atom is -0.467 e. The first-order chi connectivity index (χ1) is 13.4. The third-order valence-corrected chi connectivity index (χ3v) is 4.36. The fourth-order valence-corrected chi connectivity index (χ4v) is 2.97. The van der Waals surface area contributed by atoms with E-state index in [1.807, 2.05) is 0 Å². The predicted octanol–water partition coefficient (Wildman–Crippen LogP) is 3.43. The summed E-state index contributed by atoms with van der Waals surface area (Å²) in [7, 11) is 2.60. The number of H-pyrrole nitrogens is 1. The van der Waals surface area contributed by atoms with E-state index in [-0.39, 0.29) is 23.3 Å². The van der Waals surface area contributed by atoms with Gasteiger partial charge in [-0.1, -0.05) is 12.1 Å². The average molecular weight is 388 g/mol. The third-order valence-electron chi connectivity index (χ3n) is 4.36. The van der Waals surface area contributed by atoms with Gasteiger partial charge in [-0.25, -0.2) is 18.4 Å². The topological polar surface area (TPSA) is 80.4 Å². The van der Waals surface area contributed by atoms with Crippen LogP contribution in [0.2, 0.25) is 0 Å². The molecule has 8 heteroatoms. The Labute approximate surface area is 159 Å². The van der Waals surface area contributed by atoms with E-state index in [9.17, 15) is 18.4 Å². The highest BCUT2D eigenvalue weighted by Crippen LogP contribution is 2.28. The molecule has 146 valence electrons. The van der Waals surface area contributed by atoms with Crippen LogP contribution in [0.5, 0.6) is 0 Å². The number of fused-ring (bicyclic) bond motifs is 2. The Morgan fingerprint density at radius 2 is 1.75 bits per heavy atom. The van der Waals surface area contributed by atoms with Crippen LogP contribution in [0.15, 0.2) is 42.5 Å².